The number of amides is 1. The molecule has 0 bridgehead atoms. The van der Waals surface area contributed by atoms with Gasteiger partial charge in [-0.05, 0) is 31.7 Å². The van der Waals surface area contributed by atoms with Crippen LogP contribution in [-0.4, -0.2) is 72.9 Å². The number of ether oxygens (including phenoxy) is 2. The molecule has 4 rings (SSSR count). The van der Waals surface area contributed by atoms with Gasteiger partial charge in [-0.1, -0.05) is 0 Å². The predicted molar refractivity (Wildman–Crippen MR) is 92.4 cm³/mol. The van der Waals surface area contributed by atoms with Gasteiger partial charge in [-0.2, -0.15) is 0 Å². The Morgan fingerprint density at radius 2 is 2.00 bits per heavy atom. The quantitative estimate of drug-likeness (QED) is 0.796. The smallest absolute Gasteiger partial charge is 0.251 e. The van der Waals surface area contributed by atoms with Crippen molar-refractivity contribution in [3.8, 4) is 0 Å². The molecule has 136 valence electrons. The topological polar surface area (TPSA) is 67.8 Å². The Hall–Kier alpha value is -1.73. The molecule has 0 radical (unpaired) electrons. The van der Waals surface area contributed by atoms with Crippen LogP contribution >= 0.6 is 0 Å². The molecule has 2 atom stereocenters. The van der Waals surface area contributed by atoms with E-state index >= 15 is 0 Å². The summed E-state index contributed by atoms with van der Waals surface area (Å²) in [6.07, 6.45) is 6.39. The summed E-state index contributed by atoms with van der Waals surface area (Å²) in [5.41, 5.74) is 1.11. The SMILES string of the molecule is Cc1cnc(N2CCC[C@@]3(CO[C@@H](C(=O)N4CCOCC4)C3)C2)nc1. The van der Waals surface area contributed by atoms with E-state index in [-0.39, 0.29) is 17.4 Å². The number of piperidine rings is 1. The van der Waals surface area contributed by atoms with Gasteiger partial charge in [0.05, 0.1) is 19.8 Å². The average molecular weight is 346 g/mol. The molecule has 1 amide bonds. The lowest BCUT2D eigenvalue weighted by Gasteiger charge is -2.39. The Balaban J connectivity index is 1.42. The van der Waals surface area contributed by atoms with E-state index in [0.29, 0.717) is 32.9 Å². The van der Waals surface area contributed by atoms with Crippen LogP contribution in [0.15, 0.2) is 12.4 Å². The molecule has 0 aromatic carbocycles. The van der Waals surface area contributed by atoms with Gasteiger partial charge in [0.2, 0.25) is 5.95 Å². The molecule has 25 heavy (non-hydrogen) atoms. The molecule has 1 aromatic rings. The Labute approximate surface area is 148 Å². The second kappa shape index (κ2) is 6.88. The standard InChI is InChI=1S/C18H26N4O3/c1-14-10-19-17(20-11-14)22-4-2-3-18(12-22)9-15(25-13-18)16(23)21-5-7-24-8-6-21/h10-11,15H,2-9,12-13H2,1H3/t15-,18+/m1/s1. The third-order valence-electron chi connectivity index (χ3n) is 5.52. The number of hydrogen-bond donors (Lipinski definition) is 0. The highest BCUT2D eigenvalue weighted by atomic mass is 16.5. The summed E-state index contributed by atoms with van der Waals surface area (Å²) in [7, 11) is 0. The summed E-state index contributed by atoms with van der Waals surface area (Å²) < 4.78 is 11.3. The molecule has 4 heterocycles. The van der Waals surface area contributed by atoms with Gasteiger partial charge >= 0.3 is 0 Å². The minimum Gasteiger partial charge on any atom is -0.378 e. The van der Waals surface area contributed by atoms with Crippen LogP contribution in [0.4, 0.5) is 5.95 Å². The molecule has 1 spiro atoms. The number of carbonyl (C=O) groups excluding carboxylic acids is 1. The van der Waals surface area contributed by atoms with Crippen LogP contribution in [0.25, 0.3) is 0 Å². The van der Waals surface area contributed by atoms with Gasteiger partial charge in [0.25, 0.3) is 5.91 Å². The summed E-state index contributed by atoms with van der Waals surface area (Å²) in [6.45, 7) is 7.08. The maximum Gasteiger partial charge on any atom is 0.251 e. The fraction of sp³-hybridized carbons (Fsp3) is 0.722. The number of anilines is 1. The fourth-order valence-corrected chi connectivity index (χ4v) is 4.15. The van der Waals surface area contributed by atoms with Crippen LogP contribution < -0.4 is 4.90 Å². The molecule has 3 aliphatic rings. The van der Waals surface area contributed by atoms with Gasteiger partial charge in [0.15, 0.2) is 0 Å². The fourth-order valence-electron chi connectivity index (χ4n) is 4.15. The number of hydrogen-bond acceptors (Lipinski definition) is 6. The number of nitrogens with zero attached hydrogens (tertiary/aromatic N) is 4. The number of morpholine rings is 1. The highest BCUT2D eigenvalue weighted by molar-refractivity contribution is 5.81. The van der Waals surface area contributed by atoms with Crippen molar-refractivity contribution >= 4 is 11.9 Å². The number of rotatable bonds is 2. The van der Waals surface area contributed by atoms with Crippen molar-refractivity contribution in [3.05, 3.63) is 18.0 Å². The number of aromatic nitrogens is 2. The summed E-state index contributed by atoms with van der Waals surface area (Å²) in [4.78, 5) is 25.8. The zero-order valence-electron chi connectivity index (χ0n) is 14.8. The van der Waals surface area contributed by atoms with E-state index in [0.717, 1.165) is 43.9 Å². The Morgan fingerprint density at radius 1 is 1.24 bits per heavy atom. The van der Waals surface area contributed by atoms with Crippen LogP contribution in [0.3, 0.4) is 0 Å². The molecule has 3 aliphatic heterocycles. The van der Waals surface area contributed by atoms with Crippen molar-refractivity contribution in [2.24, 2.45) is 5.41 Å². The van der Waals surface area contributed by atoms with Crippen molar-refractivity contribution in [2.45, 2.75) is 32.3 Å². The van der Waals surface area contributed by atoms with Crippen LogP contribution in [0.1, 0.15) is 24.8 Å². The lowest BCUT2D eigenvalue weighted by Crippen LogP contribution is -2.47. The summed E-state index contributed by atoms with van der Waals surface area (Å²) in [5, 5.41) is 0. The summed E-state index contributed by atoms with van der Waals surface area (Å²) >= 11 is 0. The van der Waals surface area contributed by atoms with Crippen LogP contribution in [-0.2, 0) is 14.3 Å². The molecule has 0 saturated carbocycles. The van der Waals surface area contributed by atoms with Gasteiger partial charge < -0.3 is 19.3 Å². The number of aryl methyl sites for hydroxylation is 1. The summed E-state index contributed by atoms with van der Waals surface area (Å²) in [6, 6.07) is 0. The van der Waals surface area contributed by atoms with Crippen LogP contribution in [0.5, 0.6) is 0 Å². The molecule has 0 aliphatic carbocycles. The second-order valence-corrected chi connectivity index (χ2v) is 7.53. The van der Waals surface area contributed by atoms with Gasteiger partial charge in [-0.15, -0.1) is 0 Å². The first-order valence-corrected chi connectivity index (χ1v) is 9.17. The van der Waals surface area contributed by atoms with E-state index in [1.54, 1.807) is 0 Å². The van der Waals surface area contributed by atoms with E-state index < -0.39 is 0 Å². The largest absolute Gasteiger partial charge is 0.378 e. The van der Waals surface area contributed by atoms with Crippen molar-refractivity contribution in [1.82, 2.24) is 14.9 Å². The Morgan fingerprint density at radius 3 is 2.76 bits per heavy atom. The minimum atomic E-state index is -0.308. The van der Waals surface area contributed by atoms with E-state index in [9.17, 15) is 4.79 Å². The molecule has 7 nitrogen and oxygen atoms in total. The molecule has 3 fully saturated rings. The van der Waals surface area contributed by atoms with Crippen molar-refractivity contribution in [3.63, 3.8) is 0 Å². The van der Waals surface area contributed by atoms with Crippen molar-refractivity contribution < 1.29 is 14.3 Å². The highest BCUT2D eigenvalue weighted by Crippen LogP contribution is 2.41. The van der Waals surface area contributed by atoms with Gasteiger partial charge in [-0.3, -0.25) is 4.79 Å². The zero-order chi connectivity index (χ0) is 17.3. The zero-order valence-corrected chi connectivity index (χ0v) is 14.8. The van der Waals surface area contributed by atoms with E-state index in [1.807, 2.05) is 24.2 Å². The maximum atomic E-state index is 12.7. The van der Waals surface area contributed by atoms with E-state index in [1.165, 1.54) is 0 Å². The first-order valence-electron chi connectivity index (χ1n) is 9.17. The maximum absolute atomic E-state index is 12.7. The Kier molecular flexibility index (Phi) is 4.60. The molecular weight excluding hydrogens is 320 g/mol. The normalized spacial score (nSPS) is 30.0. The first-order chi connectivity index (χ1) is 12.2. The lowest BCUT2D eigenvalue weighted by atomic mass is 9.78. The third-order valence-corrected chi connectivity index (χ3v) is 5.52. The minimum absolute atomic E-state index is 0.0408. The molecule has 3 saturated heterocycles. The van der Waals surface area contributed by atoms with Crippen LogP contribution in [0.2, 0.25) is 0 Å². The first kappa shape index (κ1) is 16.7. The monoisotopic (exact) mass is 346 g/mol. The highest BCUT2D eigenvalue weighted by Gasteiger charge is 2.46. The molecule has 1 aromatic heterocycles. The van der Waals surface area contributed by atoms with Crippen LogP contribution in [0, 0.1) is 12.3 Å². The Bertz CT molecular complexity index is 617. The van der Waals surface area contributed by atoms with Crippen molar-refractivity contribution in [1.29, 1.82) is 0 Å². The van der Waals surface area contributed by atoms with Gasteiger partial charge in [-0.25, -0.2) is 9.97 Å². The van der Waals surface area contributed by atoms with Gasteiger partial charge in [0, 0.05) is 44.0 Å². The van der Waals surface area contributed by atoms with Gasteiger partial charge in [0.1, 0.15) is 6.10 Å². The second-order valence-electron chi connectivity index (χ2n) is 7.53. The molecule has 7 heteroatoms. The lowest BCUT2D eigenvalue weighted by molar-refractivity contribution is -0.144. The molecule has 0 N–H and O–H groups in total. The summed E-state index contributed by atoms with van der Waals surface area (Å²) in [5.74, 6) is 0.913. The van der Waals surface area contributed by atoms with E-state index in [2.05, 4.69) is 14.9 Å². The third kappa shape index (κ3) is 3.48. The predicted octanol–water partition coefficient (Wildman–Crippen LogP) is 1.02. The average Bonchev–Trinajstić information content (AvgIpc) is 3.05. The van der Waals surface area contributed by atoms with Crippen molar-refractivity contribution in [2.75, 3.05) is 50.9 Å². The molecular formula is C18H26N4O3. The van der Waals surface area contributed by atoms with E-state index in [4.69, 9.17) is 9.47 Å². The molecule has 0 unspecified atom stereocenters. The number of carbonyl (C=O) groups is 1.